The van der Waals surface area contributed by atoms with Crippen LogP contribution in [0.5, 0.6) is 0 Å². The van der Waals surface area contributed by atoms with E-state index in [-0.39, 0.29) is 89.6 Å². The molecule has 2 aliphatic carbocycles. The largest absolute Gasteiger partial charge is 0.237 e. The minimum atomic E-state index is -0.433. The normalized spacial score (nSPS) is 11.9. The topological polar surface area (TPSA) is 264 Å². The molecule has 0 radical (unpaired) electrons. The lowest BCUT2D eigenvalue weighted by Gasteiger charge is -2.11. The standard InChI is InChI=1S/C34H6N12/c35-7-17-1-21(13-41)45-29(3-17)33-27(15-43)23-5-26-24(6-25(23)31(33)19(9-37)10-38)28(16-44)34(32(26)20(11-39)12-40)30-4-18(8-36)2-22(14-42)46-30/h1-6H. The Kier molecular flexibility index (Phi) is 7.12. The Bertz CT molecular complexity index is 2300. The number of benzene rings is 1. The van der Waals surface area contributed by atoms with E-state index in [9.17, 15) is 52.6 Å². The SMILES string of the molecule is N#CC(C#N)=C1C(c2cc(C#N)cc(C#N)n2)=C(C#N)c2cc3c(cc21)C(C#N)=C(c1cc(C#N)cc(C#N)n1)C3=C(C#N)C#N. The van der Waals surface area contributed by atoms with E-state index >= 15 is 0 Å². The van der Waals surface area contributed by atoms with E-state index in [0.717, 1.165) is 0 Å². The Morgan fingerprint density at radius 3 is 1.07 bits per heavy atom. The van der Waals surface area contributed by atoms with E-state index in [1.807, 2.05) is 60.7 Å². The highest BCUT2D eigenvalue weighted by Gasteiger charge is 2.38. The van der Waals surface area contributed by atoms with Crippen molar-refractivity contribution in [2.75, 3.05) is 0 Å². The van der Waals surface area contributed by atoms with Crippen LogP contribution in [-0.2, 0) is 0 Å². The summed E-state index contributed by atoms with van der Waals surface area (Å²) in [6, 6.07) is 26.7. The van der Waals surface area contributed by atoms with Gasteiger partial charge in [-0.2, -0.15) is 52.6 Å². The lowest BCUT2D eigenvalue weighted by atomic mass is 9.91. The Morgan fingerprint density at radius 1 is 0.413 bits per heavy atom. The molecular formula is C34H6N12. The van der Waals surface area contributed by atoms with Gasteiger partial charge in [0.05, 0.1) is 45.8 Å². The van der Waals surface area contributed by atoms with Gasteiger partial charge in [0, 0.05) is 33.4 Å². The lowest BCUT2D eigenvalue weighted by Crippen LogP contribution is -1.98. The molecule has 0 fully saturated rings. The summed E-state index contributed by atoms with van der Waals surface area (Å²) in [5.41, 5.74) is -0.877. The maximum absolute atomic E-state index is 10.4. The van der Waals surface area contributed by atoms with Gasteiger partial charge in [-0.15, -0.1) is 0 Å². The summed E-state index contributed by atoms with van der Waals surface area (Å²) < 4.78 is 0. The van der Waals surface area contributed by atoms with Gasteiger partial charge in [-0.3, -0.25) is 0 Å². The van der Waals surface area contributed by atoms with Gasteiger partial charge >= 0.3 is 0 Å². The third-order valence-corrected chi connectivity index (χ3v) is 7.06. The first-order valence-corrected chi connectivity index (χ1v) is 12.6. The molecule has 5 rings (SSSR count). The van der Waals surface area contributed by atoms with Crippen molar-refractivity contribution < 1.29 is 0 Å². The monoisotopic (exact) mass is 582 g/mol. The molecule has 12 nitrogen and oxygen atoms in total. The number of nitrogens with zero attached hydrogens (tertiary/aromatic N) is 12. The van der Waals surface area contributed by atoms with Gasteiger partial charge in [-0.05, 0) is 47.5 Å². The zero-order chi connectivity index (χ0) is 33.1. The fourth-order valence-corrected chi connectivity index (χ4v) is 5.31. The molecule has 2 aromatic heterocycles. The van der Waals surface area contributed by atoms with Crippen molar-refractivity contribution in [2.24, 2.45) is 0 Å². The first-order chi connectivity index (χ1) is 22.4. The van der Waals surface area contributed by atoms with Crippen molar-refractivity contribution in [2.45, 2.75) is 0 Å². The van der Waals surface area contributed by atoms with Crippen molar-refractivity contribution in [3.05, 3.63) is 104 Å². The maximum atomic E-state index is 10.4. The number of hydrogen-bond donors (Lipinski definition) is 0. The number of fused-ring (bicyclic) bond motifs is 2. The van der Waals surface area contributed by atoms with Gasteiger partial charge in [0.15, 0.2) is 0 Å². The number of nitriles is 10. The molecule has 46 heavy (non-hydrogen) atoms. The Balaban J connectivity index is 1.96. The summed E-state index contributed by atoms with van der Waals surface area (Å²) in [5.74, 6) is 0. The molecule has 0 N–H and O–H groups in total. The molecule has 0 saturated carbocycles. The molecule has 0 amide bonds. The number of pyridine rings is 2. The van der Waals surface area contributed by atoms with Crippen LogP contribution in [0, 0.1) is 113 Å². The summed E-state index contributed by atoms with van der Waals surface area (Å²) in [6.07, 6.45) is 0. The molecule has 1 aromatic carbocycles. The zero-order valence-electron chi connectivity index (χ0n) is 22.8. The molecular weight excluding hydrogens is 576 g/mol. The first-order valence-electron chi connectivity index (χ1n) is 12.6. The zero-order valence-corrected chi connectivity index (χ0v) is 22.8. The predicted molar refractivity (Wildman–Crippen MR) is 155 cm³/mol. The molecule has 0 spiro atoms. The highest BCUT2D eigenvalue weighted by molar-refractivity contribution is 6.29. The molecule has 0 bridgehead atoms. The molecule has 0 aliphatic heterocycles. The number of aromatic nitrogens is 2. The van der Waals surface area contributed by atoms with E-state index < -0.39 is 11.1 Å². The van der Waals surface area contributed by atoms with Crippen LogP contribution in [0.2, 0.25) is 0 Å². The van der Waals surface area contributed by atoms with Crippen LogP contribution in [-0.4, -0.2) is 9.97 Å². The summed E-state index contributed by atoms with van der Waals surface area (Å²) >= 11 is 0. The van der Waals surface area contributed by atoms with E-state index in [0.29, 0.717) is 0 Å². The van der Waals surface area contributed by atoms with E-state index in [1.54, 1.807) is 0 Å². The lowest BCUT2D eigenvalue weighted by molar-refractivity contribution is 1.22. The second-order valence-electron chi connectivity index (χ2n) is 9.31. The van der Waals surface area contributed by atoms with Crippen LogP contribution in [0.25, 0.3) is 33.4 Å². The van der Waals surface area contributed by atoms with Gasteiger partial charge in [-0.1, -0.05) is 0 Å². The minimum Gasteiger partial charge on any atom is -0.237 e. The fraction of sp³-hybridized carbons (Fsp3) is 0. The summed E-state index contributed by atoms with van der Waals surface area (Å²) in [4.78, 5) is 8.47. The third-order valence-electron chi connectivity index (χ3n) is 7.06. The van der Waals surface area contributed by atoms with Crippen LogP contribution in [0.4, 0.5) is 0 Å². The van der Waals surface area contributed by atoms with E-state index in [1.165, 1.54) is 36.4 Å². The van der Waals surface area contributed by atoms with Gasteiger partial charge < -0.3 is 0 Å². The van der Waals surface area contributed by atoms with Crippen molar-refractivity contribution in [3.8, 4) is 60.7 Å². The Hall–Kier alpha value is -8.62. The average Bonchev–Trinajstić information content (AvgIpc) is 3.59. The Morgan fingerprint density at radius 2 is 0.783 bits per heavy atom. The predicted octanol–water partition coefficient (Wildman–Crippen LogP) is 4.46. The second-order valence-corrected chi connectivity index (χ2v) is 9.31. The number of allylic oxidation sites excluding steroid dienone is 8. The number of hydrogen-bond acceptors (Lipinski definition) is 12. The van der Waals surface area contributed by atoms with Gasteiger partial charge in [0.2, 0.25) is 0 Å². The van der Waals surface area contributed by atoms with Crippen LogP contribution < -0.4 is 0 Å². The Labute approximate surface area is 260 Å². The molecule has 2 heterocycles. The summed E-state index contributed by atoms with van der Waals surface area (Å²) in [5, 5.41) is 98.7. The number of rotatable bonds is 2. The molecule has 0 saturated heterocycles. The van der Waals surface area contributed by atoms with Crippen LogP contribution in [0.15, 0.2) is 47.5 Å². The molecule has 202 valence electrons. The summed E-state index contributed by atoms with van der Waals surface area (Å²) in [7, 11) is 0. The van der Waals surface area contributed by atoms with Crippen molar-refractivity contribution >= 4 is 33.4 Å². The molecule has 0 atom stereocenters. The first kappa shape index (κ1) is 28.9. The van der Waals surface area contributed by atoms with E-state index in [2.05, 4.69) is 9.97 Å². The van der Waals surface area contributed by atoms with Gasteiger partial charge in [-0.25, -0.2) is 9.97 Å². The summed E-state index contributed by atoms with van der Waals surface area (Å²) in [6.45, 7) is 0. The highest BCUT2D eigenvalue weighted by atomic mass is 14.7. The van der Waals surface area contributed by atoms with E-state index in [4.69, 9.17) is 0 Å². The maximum Gasteiger partial charge on any atom is 0.142 e. The highest BCUT2D eigenvalue weighted by Crippen LogP contribution is 2.54. The smallest absolute Gasteiger partial charge is 0.142 e. The molecule has 0 unspecified atom stereocenters. The second kappa shape index (κ2) is 11.3. The van der Waals surface area contributed by atoms with Crippen LogP contribution >= 0.6 is 0 Å². The minimum absolute atomic E-state index is 0.0102. The fourth-order valence-electron chi connectivity index (χ4n) is 5.31. The van der Waals surface area contributed by atoms with Crippen LogP contribution in [0.1, 0.15) is 56.2 Å². The van der Waals surface area contributed by atoms with Crippen LogP contribution in [0.3, 0.4) is 0 Å². The molecule has 3 aromatic rings. The molecule has 2 aliphatic rings. The van der Waals surface area contributed by atoms with Gasteiger partial charge in [0.25, 0.3) is 0 Å². The van der Waals surface area contributed by atoms with Crippen molar-refractivity contribution in [1.82, 2.24) is 9.97 Å². The molecule has 12 heteroatoms. The van der Waals surface area contributed by atoms with Gasteiger partial charge in [0.1, 0.15) is 71.1 Å². The quantitative estimate of drug-likeness (QED) is 0.379. The van der Waals surface area contributed by atoms with Crippen molar-refractivity contribution in [1.29, 1.82) is 52.6 Å². The van der Waals surface area contributed by atoms with Crippen molar-refractivity contribution in [3.63, 3.8) is 0 Å². The third kappa shape index (κ3) is 4.23. The average molecular weight is 583 g/mol.